The number of aryl methyl sites for hydroxylation is 2. The fraction of sp³-hybridized carbons (Fsp3) is 0.238. The molecule has 3 aromatic rings. The number of hydrogen-bond acceptors (Lipinski definition) is 5. The van der Waals surface area contributed by atoms with E-state index in [0.717, 1.165) is 6.07 Å². The number of carbonyl (C=O) groups is 2. The third kappa shape index (κ3) is 4.27. The number of anilines is 1. The van der Waals surface area contributed by atoms with Gasteiger partial charge in [0, 0.05) is 6.54 Å². The number of aromatic nitrogens is 2. The molecule has 0 fully saturated rings. The first-order chi connectivity index (χ1) is 14.6. The number of nitrogens with zero attached hydrogens (tertiary/aromatic N) is 2. The van der Waals surface area contributed by atoms with Crippen LogP contribution < -0.4 is 10.9 Å². The van der Waals surface area contributed by atoms with Crippen molar-refractivity contribution in [2.75, 3.05) is 5.32 Å². The Morgan fingerprint density at radius 2 is 1.87 bits per heavy atom. The second-order valence-corrected chi connectivity index (χ2v) is 6.71. The number of nitrogens with one attached hydrogen (secondary N) is 1. The average molecular weight is 433 g/mol. The van der Waals surface area contributed by atoms with Gasteiger partial charge in [-0.25, -0.2) is 22.9 Å². The molecule has 0 aliphatic rings. The van der Waals surface area contributed by atoms with E-state index in [9.17, 15) is 27.6 Å². The molecule has 1 aromatic heterocycles. The standard InChI is InChI=1S/C21H18F3N3O4/c1-4-27-16-8-5-12(9-15(16)25-10(2)20(27)29)21(30)31-11(3)19(28)26-14-7-6-13(22)17(23)18(14)24/h5-9,11H,4H2,1-3H3,(H,26,28). The summed E-state index contributed by atoms with van der Waals surface area (Å²) >= 11 is 0. The fourth-order valence-corrected chi connectivity index (χ4v) is 2.95. The van der Waals surface area contributed by atoms with Crippen LogP contribution in [-0.2, 0) is 16.1 Å². The fourth-order valence-electron chi connectivity index (χ4n) is 2.95. The first-order valence-electron chi connectivity index (χ1n) is 9.30. The van der Waals surface area contributed by atoms with Crippen molar-refractivity contribution in [2.45, 2.75) is 33.4 Å². The molecule has 1 atom stereocenters. The summed E-state index contributed by atoms with van der Waals surface area (Å²) in [5, 5.41) is 2.05. The summed E-state index contributed by atoms with van der Waals surface area (Å²) in [4.78, 5) is 41.0. The predicted molar refractivity (Wildman–Crippen MR) is 106 cm³/mol. The van der Waals surface area contributed by atoms with E-state index in [4.69, 9.17) is 4.74 Å². The Bertz CT molecular complexity index is 1260. The third-order valence-electron chi connectivity index (χ3n) is 4.61. The monoisotopic (exact) mass is 433 g/mol. The molecule has 162 valence electrons. The highest BCUT2D eigenvalue weighted by molar-refractivity contribution is 5.98. The van der Waals surface area contributed by atoms with Crippen molar-refractivity contribution >= 4 is 28.6 Å². The summed E-state index contributed by atoms with van der Waals surface area (Å²) in [7, 11) is 0. The molecule has 0 saturated carbocycles. The van der Waals surface area contributed by atoms with Crippen LogP contribution in [0.25, 0.3) is 11.0 Å². The smallest absolute Gasteiger partial charge is 0.338 e. The molecule has 1 unspecified atom stereocenters. The van der Waals surface area contributed by atoms with E-state index >= 15 is 0 Å². The largest absolute Gasteiger partial charge is 0.449 e. The zero-order valence-electron chi connectivity index (χ0n) is 16.8. The van der Waals surface area contributed by atoms with Crippen molar-refractivity contribution in [3.8, 4) is 0 Å². The highest BCUT2D eigenvalue weighted by Gasteiger charge is 2.22. The number of carbonyl (C=O) groups excluding carboxylic acids is 2. The minimum absolute atomic E-state index is 0.0827. The number of halogens is 3. The molecule has 0 aliphatic carbocycles. The van der Waals surface area contributed by atoms with Gasteiger partial charge in [0.15, 0.2) is 23.6 Å². The lowest BCUT2D eigenvalue weighted by molar-refractivity contribution is -0.123. The van der Waals surface area contributed by atoms with Crippen molar-refractivity contribution in [1.29, 1.82) is 0 Å². The van der Waals surface area contributed by atoms with Crippen LogP contribution in [0.4, 0.5) is 18.9 Å². The lowest BCUT2D eigenvalue weighted by Crippen LogP contribution is -2.30. The number of hydrogen-bond donors (Lipinski definition) is 1. The molecule has 0 aliphatic heterocycles. The summed E-state index contributed by atoms with van der Waals surface area (Å²) in [6.45, 7) is 5.02. The van der Waals surface area contributed by atoms with E-state index in [1.54, 1.807) is 19.9 Å². The minimum Gasteiger partial charge on any atom is -0.449 e. The topological polar surface area (TPSA) is 90.3 Å². The van der Waals surface area contributed by atoms with Gasteiger partial charge in [0.25, 0.3) is 11.5 Å². The third-order valence-corrected chi connectivity index (χ3v) is 4.61. The molecule has 31 heavy (non-hydrogen) atoms. The second-order valence-electron chi connectivity index (χ2n) is 6.71. The van der Waals surface area contributed by atoms with Crippen molar-refractivity contribution in [2.24, 2.45) is 0 Å². The zero-order chi connectivity index (χ0) is 22.9. The van der Waals surface area contributed by atoms with Gasteiger partial charge in [0.1, 0.15) is 5.69 Å². The van der Waals surface area contributed by atoms with Crippen LogP contribution in [0.1, 0.15) is 29.9 Å². The molecule has 0 spiro atoms. The minimum atomic E-state index is -1.73. The molecular weight excluding hydrogens is 415 g/mol. The highest BCUT2D eigenvalue weighted by Crippen LogP contribution is 2.20. The van der Waals surface area contributed by atoms with E-state index in [0.29, 0.717) is 23.6 Å². The molecule has 2 aromatic carbocycles. The highest BCUT2D eigenvalue weighted by atomic mass is 19.2. The number of esters is 1. The first kappa shape index (κ1) is 22.0. The molecule has 0 saturated heterocycles. The summed E-state index contributed by atoms with van der Waals surface area (Å²) in [5.74, 6) is -6.49. The van der Waals surface area contributed by atoms with Crippen molar-refractivity contribution in [3.05, 3.63) is 69.4 Å². The molecule has 0 bridgehead atoms. The maximum atomic E-state index is 13.7. The van der Waals surface area contributed by atoms with E-state index in [-0.39, 0.29) is 16.8 Å². The Labute approximate surface area is 174 Å². The maximum Gasteiger partial charge on any atom is 0.338 e. The van der Waals surface area contributed by atoms with E-state index < -0.39 is 41.1 Å². The van der Waals surface area contributed by atoms with Gasteiger partial charge in [0.2, 0.25) is 0 Å². The van der Waals surface area contributed by atoms with Crippen molar-refractivity contribution in [3.63, 3.8) is 0 Å². The number of benzene rings is 2. The Balaban J connectivity index is 1.78. The summed E-state index contributed by atoms with van der Waals surface area (Å²) < 4.78 is 46.6. The Kier molecular flexibility index (Phi) is 6.09. The average Bonchev–Trinajstić information content (AvgIpc) is 2.74. The first-order valence-corrected chi connectivity index (χ1v) is 9.30. The Morgan fingerprint density at radius 3 is 2.55 bits per heavy atom. The number of ether oxygens (including phenoxy) is 1. The van der Waals surface area contributed by atoms with Crippen molar-refractivity contribution in [1.82, 2.24) is 9.55 Å². The van der Waals surface area contributed by atoms with E-state index in [1.807, 2.05) is 5.32 Å². The maximum absolute atomic E-state index is 13.7. The van der Waals surface area contributed by atoms with Gasteiger partial charge in [-0.3, -0.25) is 9.59 Å². The van der Waals surface area contributed by atoms with Crippen LogP contribution in [0.5, 0.6) is 0 Å². The van der Waals surface area contributed by atoms with E-state index in [1.165, 1.54) is 23.6 Å². The second kappa shape index (κ2) is 8.58. The molecule has 1 N–H and O–H groups in total. The SMILES string of the molecule is CCn1c(=O)c(C)nc2cc(C(=O)OC(C)C(=O)Nc3ccc(F)c(F)c3F)ccc21. The van der Waals surface area contributed by atoms with Crippen LogP contribution in [-0.4, -0.2) is 27.5 Å². The summed E-state index contributed by atoms with van der Waals surface area (Å²) in [6.07, 6.45) is -1.37. The van der Waals surface area contributed by atoms with Crippen LogP contribution in [0.15, 0.2) is 35.1 Å². The van der Waals surface area contributed by atoms with Gasteiger partial charge in [-0.05, 0) is 51.1 Å². The zero-order valence-corrected chi connectivity index (χ0v) is 16.8. The number of fused-ring (bicyclic) bond motifs is 1. The molecule has 1 heterocycles. The Hall–Kier alpha value is -3.69. The predicted octanol–water partition coefficient (Wildman–Crippen LogP) is 3.33. The van der Waals surface area contributed by atoms with Gasteiger partial charge >= 0.3 is 5.97 Å². The quantitative estimate of drug-likeness (QED) is 0.493. The normalized spacial score (nSPS) is 11.9. The van der Waals surface area contributed by atoms with Crippen molar-refractivity contribution < 1.29 is 27.5 Å². The van der Waals surface area contributed by atoms with Crippen LogP contribution in [0.2, 0.25) is 0 Å². The molecule has 0 radical (unpaired) electrons. The lowest BCUT2D eigenvalue weighted by Gasteiger charge is -2.15. The molecular formula is C21H18F3N3O4. The van der Waals surface area contributed by atoms with Crippen LogP contribution in [0, 0.1) is 24.4 Å². The van der Waals surface area contributed by atoms with Gasteiger partial charge < -0.3 is 14.6 Å². The Morgan fingerprint density at radius 1 is 1.16 bits per heavy atom. The van der Waals surface area contributed by atoms with Gasteiger partial charge in [0.05, 0.1) is 22.3 Å². The van der Waals surface area contributed by atoms with Gasteiger partial charge in [-0.1, -0.05) is 0 Å². The van der Waals surface area contributed by atoms with Gasteiger partial charge in [-0.2, -0.15) is 0 Å². The molecule has 7 nitrogen and oxygen atoms in total. The number of amides is 1. The van der Waals surface area contributed by atoms with Crippen LogP contribution in [0.3, 0.4) is 0 Å². The molecule has 1 amide bonds. The van der Waals surface area contributed by atoms with Gasteiger partial charge in [-0.15, -0.1) is 0 Å². The lowest BCUT2D eigenvalue weighted by atomic mass is 10.2. The summed E-state index contributed by atoms with van der Waals surface area (Å²) in [6, 6.07) is 5.91. The van der Waals surface area contributed by atoms with Crippen LogP contribution >= 0.6 is 0 Å². The molecule has 10 heteroatoms. The molecule has 3 rings (SSSR count). The number of rotatable bonds is 5. The summed E-state index contributed by atoms with van der Waals surface area (Å²) in [5.41, 5.74) is 0.457. The van der Waals surface area contributed by atoms with E-state index in [2.05, 4.69) is 4.98 Å².